The van der Waals surface area contributed by atoms with Gasteiger partial charge in [0.05, 0.1) is 11.3 Å². The second-order valence-corrected chi connectivity index (χ2v) is 8.33. The van der Waals surface area contributed by atoms with Crippen LogP contribution in [0.3, 0.4) is 0 Å². The summed E-state index contributed by atoms with van der Waals surface area (Å²) in [6.45, 7) is 4.12. The first kappa shape index (κ1) is 19.9. The zero-order valence-corrected chi connectivity index (χ0v) is 16.7. The van der Waals surface area contributed by atoms with Crippen molar-refractivity contribution in [3.8, 4) is 0 Å². The normalized spacial score (nSPS) is 19.8. The van der Waals surface area contributed by atoms with Crippen LogP contribution in [0.1, 0.15) is 53.9 Å². The van der Waals surface area contributed by atoms with Crippen LogP contribution in [0.5, 0.6) is 0 Å². The number of likely N-dealkylation sites (tertiary alicyclic amines) is 2. The van der Waals surface area contributed by atoms with E-state index in [1.807, 2.05) is 18.3 Å². The van der Waals surface area contributed by atoms with Gasteiger partial charge in [0, 0.05) is 45.6 Å². The fourth-order valence-electron chi connectivity index (χ4n) is 4.76. The lowest BCUT2D eigenvalue weighted by Crippen LogP contribution is -2.50. The highest BCUT2D eigenvalue weighted by atomic mass is 19.3. The van der Waals surface area contributed by atoms with Crippen LogP contribution >= 0.6 is 0 Å². The first-order chi connectivity index (χ1) is 14.0. The molecule has 2 aliphatic heterocycles. The van der Waals surface area contributed by atoms with Gasteiger partial charge < -0.3 is 4.90 Å². The summed E-state index contributed by atoms with van der Waals surface area (Å²) in [5.41, 5.74) is 0.883. The van der Waals surface area contributed by atoms with E-state index in [-0.39, 0.29) is 16.9 Å². The Kier molecular flexibility index (Phi) is 5.63. The van der Waals surface area contributed by atoms with Crippen molar-refractivity contribution in [3.63, 3.8) is 0 Å². The molecule has 0 N–H and O–H groups in total. The Morgan fingerprint density at radius 2 is 2.00 bits per heavy atom. The van der Waals surface area contributed by atoms with Gasteiger partial charge in [0.1, 0.15) is 5.69 Å². The molecule has 2 fully saturated rings. The molecular weight excluding hydrogens is 376 g/mol. The van der Waals surface area contributed by atoms with Crippen LogP contribution in [0.2, 0.25) is 0 Å². The molecule has 2 aromatic rings. The number of rotatable bonds is 4. The summed E-state index contributed by atoms with van der Waals surface area (Å²) >= 11 is 0. The Morgan fingerprint density at radius 1 is 1.21 bits per heavy atom. The van der Waals surface area contributed by atoms with Gasteiger partial charge in [-0.25, -0.2) is 8.78 Å². The van der Waals surface area contributed by atoms with Crippen LogP contribution in [0.25, 0.3) is 0 Å². The summed E-state index contributed by atoms with van der Waals surface area (Å²) in [6.07, 6.45) is 4.59. The number of amides is 1. The van der Waals surface area contributed by atoms with E-state index >= 15 is 0 Å². The third kappa shape index (κ3) is 4.32. The summed E-state index contributed by atoms with van der Waals surface area (Å²) < 4.78 is 27.7. The maximum atomic E-state index is 13.2. The average Bonchev–Trinajstić information content (AvgIpc) is 3.11. The second kappa shape index (κ2) is 8.18. The fraction of sp³-hybridized carbons (Fsp3) is 0.571. The number of alkyl halides is 2. The molecule has 0 atom stereocenters. The van der Waals surface area contributed by atoms with Gasteiger partial charge in [0.2, 0.25) is 0 Å². The number of carbonyl (C=O) groups is 1. The van der Waals surface area contributed by atoms with Crippen molar-refractivity contribution >= 4 is 5.91 Å². The van der Waals surface area contributed by atoms with Crippen LogP contribution in [0, 0.1) is 5.41 Å². The summed E-state index contributed by atoms with van der Waals surface area (Å²) in [5.74, 6) is -0.329. The molecule has 0 unspecified atom stereocenters. The lowest BCUT2D eigenvalue weighted by Gasteiger charge is -2.47. The van der Waals surface area contributed by atoms with Crippen LogP contribution in [-0.2, 0) is 13.6 Å². The van der Waals surface area contributed by atoms with Gasteiger partial charge in [-0.05, 0) is 49.8 Å². The quantitative estimate of drug-likeness (QED) is 0.786. The zero-order chi connectivity index (χ0) is 20.4. The molecule has 1 amide bonds. The maximum Gasteiger partial charge on any atom is 0.282 e. The SMILES string of the molecule is Cn1cc(C(=O)N2CCC3(CCCN(Cc4ccccn4)C3)CC2)c(C(F)F)n1. The van der Waals surface area contributed by atoms with Gasteiger partial charge in [0.25, 0.3) is 12.3 Å². The molecule has 8 heteroatoms. The maximum absolute atomic E-state index is 13.2. The number of aryl methyl sites for hydroxylation is 1. The zero-order valence-electron chi connectivity index (χ0n) is 16.7. The molecule has 2 aromatic heterocycles. The number of halogens is 2. The van der Waals surface area contributed by atoms with E-state index in [4.69, 9.17) is 0 Å². The van der Waals surface area contributed by atoms with E-state index in [0.717, 1.165) is 51.0 Å². The topological polar surface area (TPSA) is 54.3 Å². The number of hydrogen-bond donors (Lipinski definition) is 0. The number of pyridine rings is 1. The Labute approximate surface area is 169 Å². The molecule has 4 heterocycles. The van der Waals surface area contributed by atoms with Gasteiger partial charge in [-0.2, -0.15) is 5.10 Å². The predicted octanol–water partition coefficient (Wildman–Crippen LogP) is 3.27. The lowest BCUT2D eigenvalue weighted by atomic mass is 9.72. The summed E-state index contributed by atoms with van der Waals surface area (Å²) in [4.78, 5) is 21.4. The third-order valence-corrected chi connectivity index (χ3v) is 6.26. The highest BCUT2D eigenvalue weighted by molar-refractivity contribution is 5.95. The van der Waals surface area contributed by atoms with Gasteiger partial charge in [-0.3, -0.25) is 19.4 Å². The Morgan fingerprint density at radius 3 is 2.69 bits per heavy atom. The molecular formula is C21H27F2N5O. The number of carbonyl (C=O) groups excluding carboxylic acids is 1. The molecule has 0 bridgehead atoms. The van der Waals surface area contributed by atoms with E-state index < -0.39 is 12.1 Å². The van der Waals surface area contributed by atoms with Crippen LogP contribution in [0.15, 0.2) is 30.6 Å². The van der Waals surface area contributed by atoms with Crippen LogP contribution in [0.4, 0.5) is 8.78 Å². The van der Waals surface area contributed by atoms with Gasteiger partial charge >= 0.3 is 0 Å². The van der Waals surface area contributed by atoms with Gasteiger partial charge in [-0.1, -0.05) is 6.07 Å². The lowest BCUT2D eigenvalue weighted by molar-refractivity contribution is 0.0191. The number of aromatic nitrogens is 3. The summed E-state index contributed by atoms with van der Waals surface area (Å²) in [5, 5.41) is 3.77. The Balaban J connectivity index is 1.39. The van der Waals surface area contributed by atoms with Gasteiger partial charge in [-0.15, -0.1) is 0 Å². The standard InChI is InChI=1S/C21H27F2N5O/c1-26-14-17(18(25-26)19(22)23)20(29)28-11-7-21(8-12-28)6-4-10-27(15-21)13-16-5-2-3-9-24-16/h2-3,5,9,14,19H,4,6-8,10-13,15H2,1H3. The fourth-order valence-corrected chi connectivity index (χ4v) is 4.76. The molecule has 0 aromatic carbocycles. The van der Waals surface area contributed by atoms with Crippen molar-refractivity contribution in [3.05, 3.63) is 47.5 Å². The monoisotopic (exact) mass is 403 g/mol. The molecule has 1 spiro atoms. The minimum absolute atomic E-state index is 0.0267. The first-order valence-electron chi connectivity index (χ1n) is 10.2. The molecule has 29 heavy (non-hydrogen) atoms. The minimum Gasteiger partial charge on any atom is -0.338 e. The molecule has 2 saturated heterocycles. The van der Waals surface area contributed by atoms with Gasteiger partial charge in [0.15, 0.2) is 0 Å². The predicted molar refractivity (Wildman–Crippen MR) is 104 cm³/mol. The minimum atomic E-state index is -2.75. The molecule has 0 saturated carbocycles. The molecule has 0 aliphatic carbocycles. The smallest absolute Gasteiger partial charge is 0.282 e. The van der Waals surface area contributed by atoms with E-state index in [1.165, 1.54) is 10.9 Å². The average molecular weight is 403 g/mol. The largest absolute Gasteiger partial charge is 0.338 e. The second-order valence-electron chi connectivity index (χ2n) is 8.33. The van der Waals surface area contributed by atoms with Crippen molar-refractivity contribution in [1.29, 1.82) is 0 Å². The molecule has 4 rings (SSSR count). The first-order valence-corrected chi connectivity index (χ1v) is 10.2. The number of piperidine rings is 2. The highest BCUT2D eigenvalue weighted by Crippen LogP contribution is 2.40. The van der Waals surface area contributed by atoms with Crippen LogP contribution in [-0.4, -0.2) is 56.7 Å². The number of hydrogen-bond acceptors (Lipinski definition) is 4. The molecule has 156 valence electrons. The van der Waals surface area contributed by atoms with E-state index in [1.54, 1.807) is 11.9 Å². The number of nitrogens with zero attached hydrogens (tertiary/aromatic N) is 5. The Bertz CT molecular complexity index is 846. The van der Waals surface area contributed by atoms with E-state index in [2.05, 4.69) is 21.0 Å². The Hall–Kier alpha value is -2.35. The third-order valence-electron chi connectivity index (χ3n) is 6.26. The summed E-state index contributed by atoms with van der Waals surface area (Å²) in [6, 6.07) is 5.99. The van der Waals surface area contributed by atoms with Crippen molar-refractivity contribution in [2.24, 2.45) is 12.5 Å². The van der Waals surface area contributed by atoms with Crippen molar-refractivity contribution in [1.82, 2.24) is 24.6 Å². The van der Waals surface area contributed by atoms with E-state index in [9.17, 15) is 13.6 Å². The highest BCUT2D eigenvalue weighted by Gasteiger charge is 2.40. The van der Waals surface area contributed by atoms with Crippen LogP contribution < -0.4 is 0 Å². The summed E-state index contributed by atoms with van der Waals surface area (Å²) in [7, 11) is 1.56. The van der Waals surface area contributed by atoms with Crippen molar-refractivity contribution in [2.45, 2.75) is 38.7 Å². The van der Waals surface area contributed by atoms with Crippen molar-refractivity contribution in [2.75, 3.05) is 26.2 Å². The molecule has 0 radical (unpaired) electrons. The van der Waals surface area contributed by atoms with Crippen molar-refractivity contribution < 1.29 is 13.6 Å². The molecule has 6 nitrogen and oxygen atoms in total. The molecule has 2 aliphatic rings. The van der Waals surface area contributed by atoms with E-state index in [0.29, 0.717) is 13.1 Å².